The first-order valence-electron chi connectivity index (χ1n) is 5.54. The van der Waals surface area contributed by atoms with Crippen molar-refractivity contribution in [2.24, 2.45) is 0 Å². The number of ether oxygens (including phenoxy) is 1. The molecule has 2 aromatic carbocycles. The Hall–Kier alpha value is -1.05. The van der Waals surface area contributed by atoms with Gasteiger partial charge in [-0.1, -0.05) is 37.9 Å². The summed E-state index contributed by atoms with van der Waals surface area (Å²) >= 11 is 6.56. The van der Waals surface area contributed by atoms with Crippen LogP contribution >= 0.6 is 31.9 Å². The van der Waals surface area contributed by atoms with Gasteiger partial charge in [0.25, 0.3) is 10.0 Å². The van der Waals surface area contributed by atoms with E-state index in [9.17, 15) is 8.42 Å². The molecule has 0 atom stereocenters. The molecule has 106 valence electrons. The van der Waals surface area contributed by atoms with Crippen molar-refractivity contribution >= 4 is 47.6 Å². The first-order chi connectivity index (χ1) is 9.42. The maximum atomic E-state index is 12.3. The number of rotatable bonds is 4. The van der Waals surface area contributed by atoms with Crippen molar-refractivity contribution in [3.63, 3.8) is 0 Å². The zero-order chi connectivity index (χ0) is 14.8. The molecule has 0 bridgehead atoms. The van der Waals surface area contributed by atoms with Crippen molar-refractivity contribution in [3.8, 4) is 5.75 Å². The van der Waals surface area contributed by atoms with Crippen LogP contribution < -0.4 is 9.46 Å². The fourth-order valence-electron chi connectivity index (χ4n) is 1.60. The third-order valence-corrected chi connectivity index (χ3v) is 4.86. The minimum absolute atomic E-state index is 0.175. The molecule has 0 saturated carbocycles. The van der Waals surface area contributed by atoms with Crippen LogP contribution in [0.2, 0.25) is 0 Å². The van der Waals surface area contributed by atoms with Crippen LogP contribution in [0.1, 0.15) is 0 Å². The second kappa shape index (κ2) is 6.15. The Bertz CT molecular complexity index is 732. The number of hydrogen-bond donors (Lipinski definition) is 1. The maximum absolute atomic E-state index is 12.3. The number of nitrogens with one attached hydrogen (secondary N) is 1. The van der Waals surface area contributed by atoms with E-state index in [0.29, 0.717) is 15.9 Å². The highest BCUT2D eigenvalue weighted by Crippen LogP contribution is 2.30. The molecule has 0 aliphatic heterocycles. The molecule has 7 heteroatoms. The van der Waals surface area contributed by atoms with E-state index in [0.717, 1.165) is 4.47 Å². The normalized spacial score (nSPS) is 11.2. The monoisotopic (exact) mass is 419 g/mol. The van der Waals surface area contributed by atoms with E-state index in [1.807, 2.05) is 0 Å². The smallest absolute Gasteiger partial charge is 0.262 e. The highest BCUT2D eigenvalue weighted by atomic mass is 79.9. The van der Waals surface area contributed by atoms with E-state index in [2.05, 4.69) is 36.6 Å². The first-order valence-corrected chi connectivity index (χ1v) is 8.61. The minimum Gasteiger partial charge on any atom is -0.495 e. The fourth-order valence-corrected chi connectivity index (χ4v) is 3.62. The third-order valence-electron chi connectivity index (χ3n) is 2.51. The molecule has 0 unspecified atom stereocenters. The molecule has 0 amide bonds. The summed E-state index contributed by atoms with van der Waals surface area (Å²) in [6, 6.07) is 11.6. The van der Waals surface area contributed by atoms with E-state index in [1.165, 1.54) is 19.2 Å². The van der Waals surface area contributed by atoms with Gasteiger partial charge in [0, 0.05) is 8.95 Å². The van der Waals surface area contributed by atoms with Gasteiger partial charge in [0.15, 0.2) is 0 Å². The van der Waals surface area contributed by atoms with E-state index < -0.39 is 10.0 Å². The molecule has 0 radical (unpaired) electrons. The molecule has 20 heavy (non-hydrogen) atoms. The zero-order valence-electron chi connectivity index (χ0n) is 10.4. The number of anilines is 1. The SMILES string of the molecule is COc1ccc(Br)cc1NS(=O)(=O)c1cccc(Br)c1. The van der Waals surface area contributed by atoms with Crippen LogP contribution in [0.3, 0.4) is 0 Å². The largest absolute Gasteiger partial charge is 0.495 e. The molecule has 2 aromatic rings. The fraction of sp³-hybridized carbons (Fsp3) is 0.0769. The molecule has 0 aliphatic carbocycles. The Morgan fingerprint density at radius 2 is 1.75 bits per heavy atom. The van der Waals surface area contributed by atoms with Gasteiger partial charge in [0.2, 0.25) is 0 Å². The third kappa shape index (κ3) is 3.53. The van der Waals surface area contributed by atoms with Crippen molar-refractivity contribution < 1.29 is 13.2 Å². The van der Waals surface area contributed by atoms with Crippen molar-refractivity contribution in [1.29, 1.82) is 0 Å². The predicted molar refractivity (Wildman–Crippen MR) is 85.6 cm³/mol. The van der Waals surface area contributed by atoms with Crippen LogP contribution in [0.15, 0.2) is 56.3 Å². The lowest BCUT2D eigenvalue weighted by atomic mass is 10.3. The van der Waals surface area contributed by atoms with Crippen LogP contribution in [-0.4, -0.2) is 15.5 Å². The van der Waals surface area contributed by atoms with Gasteiger partial charge in [-0.05, 0) is 36.4 Å². The van der Waals surface area contributed by atoms with Crippen molar-refractivity contribution in [1.82, 2.24) is 0 Å². The van der Waals surface area contributed by atoms with Crippen LogP contribution in [0.25, 0.3) is 0 Å². The molecular formula is C13H11Br2NO3S. The molecule has 1 N–H and O–H groups in total. The van der Waals surface area contributed by atoms with Crippen molar-refractivity contribution in [2.75, 3.05) is 11.8 Å². The lowest BCUT2D eigenvalue weighted by Crippen LogP contribution is -2.13. The highest BCUT2D eigenvalue weighted by Gasteiger charge is 2.17. The van der Waals surface area contributed by atoms with Gasteiger partial charge in [-0.3, -0.25) is 4.72 Å². The van der Waals surface area contributed by atoms with E-state index in [-0.39, 0.29) is 4.90 Å². The van der Waals surface area contributed by atoms with Crippen molar-refractivity contribution in [2.45, 2.75) is 4.90 Å². The molecule has 0 aromatic heterocycles. The second-order valence-corrected chi connectivity index (χ2v) is 7.42. The van der Waals surface area contributed by atoms with Gasteiger partial charge in [-0.2, -0.15) is 0 Å². The summed E-state index contributed by atoms with van der Waals surface area (Å²) in [6.07, 6.45) is 0. The number of sulfonamides is 1. The molecular weight excluding hydrogens is 410 g/mol. The Balaban J connectivity index is 2.40. The average molecular weight is 421 g/mol. The minimum atomic E-state index is -3.67. The van der Waals surface area contributed by atoms with Crippen LogP contribution in [0, 0.1) is 0 Å². The summed E-state index contributed by atoms with van der Waals surface area (Å²) in [4.78, 5) is 0.175. The number of methoxy groups -OCH3 is 1. The van der Waals surface area contributed by atoms with Crippen LogP contribution in [0.5, 0.6) is 5.75 Å². The predicted octanol–water partition coefficient (Wildman–Crippen LogP) is 4.02. The van der Waals surface area contributed by atoms with Crippen molar-refractivity contribution in [3.05, 3.63) is 51.4 Å². The van der Waals surface area contributed by atoms with Gasteiger partial charge >= 0.3 is 0 Å². The molecule has 0 fully saturated rings. The summed E-state index contributed by atoms with van der Waals surface area (Å²) in [5.41, 5.74) is 0.377. The topological polar surface area (TPSA) is 55.4 Å². The summed E-state index contributed by atoms with van der Waals surface area (Å²) in [7, 11) is -2.18. The number of benzene rings is 2. The summed E-state index contributed by atoms with van der Waals surface area (Å²) < 4.78 is 33.8. The zero-order valence-corrected chi connectivity index (χ0v) is 14.4. The Morgan fingerprint density at radius 1 is 1.05 bits per heavy atom. The van der Waals surface area contributed by atoms with E-state index >= 15 is 0 Å². The van der Waals surface area contributed by atoms with E-state index in [4.69, 9.17) is 4.74 Å². The van der Waals surface area contributed by atoms with Gasteiger partial charge in [-0.15, -0.1) is 0 Å². The van der Waals surface area contributed by atoms with Gasteiger partial charge < -0.3 is 4.74 Å². The van der Waals surface area contributed by atoms with E-state index in [1.54, 1.807) is 30.3 Å². The van der Waals surface area contributed by atoms with Crippen LogP contribution in [0.4, 0.5) is 5.69 Å². The summed E-state index contributed by atoms with van der Waals surface area (Å²) in [5.74, 6) is 0.451. The lowest BCUT2D eigenvalue weighted by Gasteiger charge is -2.12. The second-order valence-electron chi connectivity index (χ2n) is 3.91. The molecule has 0 aliphatic rings. The standard InChI is InChI=1S/C13H11Br2NO3S/c1-19-13-6-5-10(15)8-12(13)16-20(17,18)11-4-2-3-9(14)7-11/h2-8,16H,1H3. The number of halogens is 2. The van der Waals surface area contributed by atoms with Gasteiger partial charge in [0.05, 0.1) is 17.7 Å². The molecule has 4 nitrogen and oxygen atoms in total. The molecule has 2 rings (SSSR count). The Kier molecular flexibility index (Phi) is 4.72. The molecule has 0 heterocycles. The van der Waals surface area contributed by atoms with Gasteiger partial charge in [0.1, 0.15) is 5.75 Å². The maximum Gasteiger partial charge on any atom is 0.262 e. The van der Waals surface area contributed by atoms with Gasteiger partial charge in [-0.25, -0.2) is 8.42 Å². The number of hydrogen-bond acceptors (Lipinski definition) is 3. The molecule has 0 saturated heterocycles. The lowest BCUT2D eigenvalue weighted by molar-refractivity contribution is 0.417. The Labute approximate surface area is 134 Å². The average Bonchev–Trinajstić information content (AvgIpc) is 2.38. The quantitative estimate of drug-likeness (QED) is 0.812. The highest BCUT2D eigenvalue weighted by molar-refractivity contribution is 9.10. The molecule has 0 spiro atoms. The first kappa shape index (κ1) is 15.3. The summed E-state index contributed by atoms with van der Waals surface area (Å²) in [6.45, 7) is 0. The summed E-state index contributed by atoms with van der Waals surface area (Å²) in [5, 5.41) is 0. The Morgan fingerprint density at radius 3 is 2.40 bits per heavy atom. The van der Waals surface area contributed by atoms with Crippen LogP contribution in [-0.2, 0) is 10.0 Å².